The largest absolute Gasteiger partial charge is 0.599 e. The second kappa shape index (κ2) is 8.92. The Labute approximate surface area is 194 Å². The molecule has 0 radical (unpaired) electrons. The molecule has 9 nitrogen and oxygen atoms in total. The zero-order chi connectivity index (χ0) is 25.0. The Hall–Kier alpha value is -1.96. The van der Waals surface area contributed by atoms with Gasteiger partial charge in [-0.25, -0.2) is 0 Å². The van der Waals surface area contributed by atoms with Gasteiger partial charge in [-0.05, 0) is 41.5 Å². The molecule has 2 saturated heterocycles. The number of aryl methyl sites for hydroxylation is 1. The summed E-state index contributed by atoms with van der Waals surface area (Å²) in [6.45, 7) is 7.42. The maximum Gasteiger partial charge on any atom is 0.426 e. The highest BCUT2D eigenvalue weighted by molar-refractivity contribution is 5.75. The number of nitrogens with one attached hydrogen (secondary N) is 1. The highest BCUT2D eigenvalue weighted by atomic mass is 19.4. The molecule has 2 fully saturated rings. The number of alkyl halides is 3. The van der Waals surface area contributed by atoms with Crippen LogP contribution < -0.4 is 10.1 Å². The summed E-state index contributed by atoms with van der Waals surface area (Å²) in [6.07, 6.45) is -11.1. The molecule has 3 heterocycles. The van der Waals surface area contributed by atoms with Crippen molar-refractivity contribution >= 4 is 5.97 Å². The third-order valence-corrected chi connectivity index (χ3v) is 6.38. The van der Waals surface area contributed by atoms with Gasteiger partial charge < -0.3 is 29.4 Å². The Kier molecular flexibility index (Phi) is 6.60. The Morgan fingerprint density at radius 2 is 1.71 bits per heavy atom. The number of rotatable bonds is 4. The van der Waals surface area contributed by atoms with E-state index in [1.807, 2.05) is 27.7 Å². The zero-order valence-corrected chi connectivity index (χ0v) is 19.1. The quantitative estimate of drug-likeness (QED) is 0.501. The third-order valence-electron chi connectivity index (χ3n) is 6.38. The lowest BCUT2D eigenvalue weighted by molar-refractivity contribution is -1.02. The molecule has 1 aromatic carbocycles. The number of hydrogen-bond acceptors (Lipinski definition) is 8. The van der Waals surface area contributed by atoms with E-state index in [-0.39, 0.29) is 30.8 Å². The molecule has 6 atom stereocenters. The number of carbonyl (C=O) groups is 1. The third kappa shape index (κ3) is 4.88. The first-order valence-electron chi connectivity index (χ1n) is 10.9. The molecule has 12 heteroatoms. The Bertz CT molecular complexity index is 932. The minimum absolute atomic E-state index is 0.104. The number of carbonyl (C=O) groups excluding carboxylic acids is 1. The van der Waals surface area contributed by atoms with Crippen LogP contribution in [0.1, 0.15) is 37.5 Å². The maximum atomic E-state index is 13.9. The van der Waals surface area contributed by atoms with Gasteiger partial charge in [-0.2, -0.15) is 18.0 Å². The van der Waals surface area contributed by atoms with Crippen molar-refractivity contribution in [3.05, 3.63) is 39.2 Å². The van der Waals surface area contributed by atoms with E-state index in [2.05, 4.69) is 4.84 Å². The number of ether oxygens (including phenoxy) is 4. The van der Waals surface area contributed by atoms with Crippen LogP contribution in [-0.2, 0) is 35.7 Å². The molecule has 1 N–H and O–H groups in total. The average molecular weight is 490 g/mol. The molecule has 2 unspecified atom stereocenters. The fourth-order valence-electron chi connectivity index (χ4n) is 4.88. The molecule has 190 valence electrons. The highest BCUT2D eigenvalue weighted by Gasteiger charge is 2.55. The van der Waals surface area contributed by atoms with Crippen LogP contribution >= 0.6 is 0 Å². The number of esters is 1. The molecule has 3 aliphatic heterocycles. The molecule has 0 amide bonds. The summed E-state index contributed by atoms with van der Waals surface area (Å²) in [4.78, 5) is 17.5. The molecule has 0 aromatic heterocycles. The smallest absolute Gasteiger partial charge is 0.426 e. The number of fused-ring (bicyclic) bond motifs is 2. The van der Waals surface area contributed by atoms with E-state index < -0.39 is 54.0 Å². The van der Waals surface area contributed by atoms with Crippen molar-refractivity contribution < 1.29 is 47.1 Å². The van der Waals surface area contributed by atoms with Gasteiger partial charge in [0.15, 0.2) is 12.2 Å². The van der Waals surface area contributed by atoms with Crippen LogP contribution in [0, 0.1) is 23.3 Å². The topological polar surface area (TPSA) is 114 Å². The van der Waals surface area contributed by atoms with Crippen LogP contribution in [0.25, 0.3) is 0 Å². The van der Waals surface area contributed by atoms with Gasteiger partial charge in [-0.15, -0.1) is 0 Å². The summed E-state index contributed by atoms with van der Waals surface area (Å²) in [5.41, 5.74) is 1.93. The zero-order valence-electron chi connectivity index (χ0n) is 19.1. The summed E-state index contributed by atoms with van der Waals surface area (Å²) < 4.78 is 63.3. The first kappa shape index (κ1) is 25.1. The van der Waals surface area contributed by atoms with Gasteiger partial charge in [0.25, 0.3) is 0 Å². The molecule has 1 aromatic rings. The van der Waals surface area contributed by atoms with Crippen LogP contribution in [0.15, 0.2) is 12.1 Å². The van der Waals surface area contributed by atoms with Crippen molar-refractivity contribution in [2.75, 3.05) is 13.2 Å². The molecule has 4 rings (SSSR count). The Morgan fingerprint density at radius 3 is 2.29 bits per heavy atom. The van der Waals surface area contributed by atoms with Crippen LogP contribution in [0.3, 0.4) is 0 Å². The minimum Gasteiger partial charge on any atom is -0.599 e. The first-order chi connectivity index (χ1) is 15.8. The molecule has 0 aliphatic carbocycles. The van der Waals surface area contributed by atoms with E-state index >= 15 is 0 Å². The molecular formula is C22H27F3NO8-. The van der Waals surface area contributed by atoms with E-state index in [0.717, 1.165) is 11.1 Å². The molecule has 0 saturated carbocycles. The van der Waals surface area contributed by atoms with Gasteiger partial charge in [0.2, 0.25) is 6.10 Å². The highest BCUT2D eigenvalue weighted by Crippen LogP contribution is 2.42. The molecule has 3 aliphatic rings. The normalized spacial score (nSPS) is 31.2. The fourth-order valence-corrected chi connectivity index (χ4v) is 4.88. The van der Waals surface area contributed by atoms with Crippen LogP contribution in [0.5, 0.6) is 5.75 Å². The SMILES string of the molecule is Cc1cc2c(cc1C(C)(C)C)O[C@H](C(F)(F)F)C(C(=O)O[C@H]1CO[C@@H]3C(O[NH+]([O-])[O-])CO[C@H]13)C2. The lowest BCUT2D eigenvalue weighted by atomic mass is 9.81. The summed E-state index contributed by atoms with van der Waals surface area (Å²) in [6, 6.07) is 3.36. The number of hydrogen-bond donors (Lipinski definition) is 1. The van der Waals surface area contributed by atoms with Crippen LogP contribution in [0.2, 0.25) is 0 Å². The van der Waals surface area contributed by atoms with E-state index in [1.54, 1.807) is 12.1 Å². The van der Waals surface area contributed by atoms with Crippen molar-refractivity contribution in [2.45, 2.75) is 76.2 Å². The minimum atomic E-state index is -4.81. The predicted octanol–water partition coefficient (Wildman–Crippen LogP) is 1.66. The molecule has 0 spiro atoms. The van der Waals surface area contributed by atoms with Gasteiger partial charge in [0.05, 0.1) is 13.2 Å². The summed E-state index contributed by atoms with van der Waals surface area (Å²) in [5, 5.41) is 19.6. The lowest BCUT2D eigenvalue weighted by Crippen LogP contribution is -3.02. The molecule has 34 heavy (non-hydrogen) atoms. The summed E-state index contributed by atoms with van der Waals surface area (Å²) in [5.74, 6) is -2.61. The monoisotopic (exact) mass is 490 g/mol. The molecular weight excluding hydrogens is 463 g/mol. The van der Waals surface area contributed by atoms with Gasteiger partial charge in [0.1, 0.15) is 23.9 Å². The van der Waals surface area contributed by atoms with Gasteiger partial charge in [-0.3, -0.25) is 10.2 Å². The fraction of sp³-hybridized carbons (Fsp3) is 0.682. The van der Waals surface area contributed by atoms with Crippen molar-refractivity contribution in [3.8, 4) is 5.75 Å². The van der Waals surface area contributed by atoms with Crippen molar-refractivity contribution in [1.82, 2.24) is 0 Å². The predicted molar refractivity (Wildman–Crippen MR) is 109 cm³/mol. The van der Waals surface area contributed by atoms with E-state index in [1.165, 1.54) is 0 Å². The maximum absolute atomic E-state index is 13.9. The van der Waals surface area contributed by atoms with Gasteiger partial charge in [0, 0.05) is 0 Å². The number of quaternary nitrogens is 1. The summed E-state index contributed by atoms with van der Waals surface area (Å²) in [7, 11) is 0. The van der Waals surface area contributed by atoms with E-state index in [4.69, 9.17) is 18.9 Å². The molecule has 0 bridgehead atoms. The van der Waals surface area contributed by atoms with Crippen LogP contribution in [-0.4, -0.2) is 55.9 Å². The number of halogens is 3. The second-order valence-electron chi connectivity index (χ2n) is 9.89. The van der Waals surface area contributed by atoms with Crippen LogP contribution in [0.4, 0.5) is 13.2 Å². The standard InChI is InChI=1S/C22H27F3NO8/c1-10-5-11-6-12(19(22(23,24)25)32-14(11)7-13(10)21(2,3)4)20(27)33-15-8-30-18-16(34-26(28)29)9-31-17(15)18/h5,7,12,15-19,26H,6,8-9H2,1-4H3/q-1/t12?,15-,16?,17+,18+,19-/m0/s1. The van der Waals surface area contributed by atoms with E-state index in [0.29, 0.717) is 5.56 Å². The van der Waals surface area contributed by atoms with Crippen molar-refractivity contribution in [1.29, 1.82) is 0 Å². The first-order valence-corrected chi connectivity index (χ1v) is 10.9. The lowest BCUT2D eigenvalue weighted by Gasteiger charge is -2.35. The Balaban J connectivity index is 1.53. The van der Waals surface area contributed by atoms with Crippen molar-refractivity contribution in [2.24, 2.45) is 5.92 Å². The van der Waals surface area contributed by atoms with Crippen molar-refractivity contribution in [3.63, 3.8) is 0 Å². The van der Waals surface area contributed by atoms with Gasteiger partial charge >= 0.3 is 12.1 Å². The summed E-state index contributed by atoms with van der Waals surface area (Å²) >= 11 is 0. The number of benzene rings is 1. The second-order valence-corrected chi connectivity index (χ2v) is 9.89. The van der Waals surface area contributed by atoms with E-state index in [9.17, 15) is 28.4 Å². The average Bonchev–Trinajstić information content (AvgIpc) is 3.28. The Morgan fingerprint density at radius 1 is 1.09 bits per heavy atom. The van der Waals surface area contributed by atoms with Gasteiger partial charge in [-0.1, -0.05) is 26.8 Å².